The minimum absolute atomic E-state index is 1.32. The first-order valence-electron chi connectivity index (χ1n) is 5.10. The molecule has 0 aromatic rings. The molecule has 0 aromatic carbocycles. The molecule has 0 aliphatic heterocycles. The van der Waals surface area contributed by atoms with Crippen LogP contribution in [0.15, 0.2) is 44.5 Å². The third-order valence-corrected chi connectivity index (χ3v) is 2.65. The first-order valence-corrected chi connectivity index (χ1v) is 6.24. The molecule has 0 bridgehead atoms. The monoisotopic (exact) mass is 248 g/mol. The topological polar surface area (TPSA) is 0 Å². The maximum atomic E-state index is 2.20. The van der Waals surface area contributed by atoms with E-state index < -0.39 is 0 Å². The van der Waals surface area contributed by atoms with Crippen LogP contribution in [0.2, 0.25) is 0 Å². The summed E-state index contributed by atoms with van der Waals surface area (Å²) in [6.45, 7) is 12.7. The van der Waals surface area contributed by atoms with E-state index in [-0.39, 0.29) is 0 Å². The summed E-state index contributed by atoms with van der Waals surface area (Å²) in [5.74, 6) is 0. The first-order chi connectivity index (χ1) is 6.91. The predicted molar refractivity (Wildman–Crippen MR) is 66.4 cm³/mol. The van der Waals surface area contributed by atoms with Gasteiger partial charge in [0, 0.05) is 0 Å². The van der Waals surface area contributed by atoms with Gasteiger partial charge < -0.3 is 0 Å². The van der Waals surface area contributed by atoms with E-state index in [4.69, 9.17) is 0 Å². The molecule has 0 rings (SSSR count). The Kier molecular flexibility index (Phi) is 7.43. The normalized spacial score (nSPS) is 12.7. The Morgan fingerprint density at radius 2 is 1.00 bits per heavy atom. The van der Waals surface area contributed by atoms with Crippen LogP contribution in [0.4, 0.5) is 0 Å². The molecule has 0 N–H and O–H groups in total. The standard InChI is InChI=1S/2C7H11.Ni/c2*1-6(2)5-7(3)4;/h2*1,5H,2-4H3;. The summed E-state index contributed by atoms with van der Waals surface area (Å²) in [4.78, 5) is 0. The molecule has 0 fully saturated rings. The Balaban J connectivity index is 4.29. The van der Waals surface area contributed by atoms with Crippen molar-refractivity contribution in [1.82, 2.24) is 0 Å². The molecule has 0 spiro atoms. The summed E-state index contributed by atoms with van der Waals surface area (Å²) >= 11 is 1.56. The number of rotatable bonds is 4. The van der Waals surface area contributed by atoms with E-state index in [1.54, 1.807) is 14.4 Å². The van der Waals surface area contributed by atoms with Crippen molar-refractivity contribution in [3.05, 3.63) is 44.5 Å². The Labute approximate surface area is 101 Å². The van der Waals surface area contributed by atoms with Crippen LogP contribution >= 0.6 is 0 Å². The Hall–Kier alpha value is -0.546. The number of hydrogen-bond acceptors (Lipinski definition) is 0. The molecule has 0 amide bonds. The molecule has 0 aromatic heterocycles. The van der Waals surface area contributed by atoms with Gasteiger partial charge in [-0.3, -0.25) is 0 Å². The predicted octanol–water partition coefficient (Wildman–Crippen LogP) is 4.81. The zero-order chi connectivity index (χ0) is 11.8. The van der Waals surface area contributed by atoms with E-state index >= 15 is 0 Å². The molecule has 0 saturated carbocycles. The van der Waals surface area contributed by atoms with Crippen molar-refractivity contribution in [2.45, 2.75) is 41.5 Å². The van der Waals surface area contributed by atoms with Gasteiger partial charge in [0.05, 0.1) is 0 Å². The molecule has 0 unspecified atom stereocenters. The van der Waals surface area contributed by atoms with Crippen molar-refractivity contribution >= 4 is 0 Å². The van der Waals surface area contributed by atoms with Crippen molar-refractivity contribution < 1.29 is 14.4 Å². The fourth-order valence-corrected chi connectivity index (χ4v) is 1.92. The zero-order valence-corrected chi connectivity index (χ0v) is 11.6. The van der Waals surface area contributed by atoms with E-state index in [1.807, 2.05) is 0 Å². The molecule has 0 aliphatic rings. The molecule has 1 heteroatoms. The van der Waals surface area contributed by atoms with Crippen LogP contribution in [-0.4, -0.2) is 0 Å². The van der Waals surface area contributed by atoms with Crippen LogP contribution in [0.1, 0.15) is 41.5 Å². The van der Waals surface area contributed by atoms with Crippen LogP contribution in [0.5, 0.6) is 0 Å². The van der Waals surface area contributed by atoms with Gasteiger partial charge in [-0.05, 0) is 0 Å². The van der Waals surface area contributed by atoms with Crippen LogP contribution in [0.3, 0.4) is 0 Å². The SMILES string of the molecule is CC(C)=C/C(C)=[CH]\[Ni]/[CH]=C(/C)C=C(C)C. The second-order valence-electron chi connectivity index (χ2n) is 4.22. The van der Waals surface area contributed by atoms with Crippen molar-refractivity contribution in [2.24, 2.45) is 0 Å². The van der Waals surface area contributed by atoms with E-state index in [0.29, 0.717) is 0 Å². The van der Waals surface area contributed by atoms with Crippen LogP contribution in [0, 0.1) is 0 Å². The third kappa shape index (κ3) is 9.75. The van der Waals surface area contributed by atoms with Crippen LogP contribution in [-0.2, 0) is 14.4 Å². The fraction of sp³-hybridized carbons (Fsp3) is 0.429. The van der Waals surface area contributed by atoms with Crippen molar-refractivity contribution in [3.63, 3.8) is 0 Å². The summed E-state index contributed by atoms with van der Waals surface area (Å²) in [5, 5.41) is 4.39. The molecule has 0 aliphatic carbocycles. The van der Waals surface area contributed by atoms with Crippen molar-refractivity contribution in [2.75, 3.05) is 0 Å². The van der Waals surface area contributed by atoms with E-state index in [1.165, 1.54) is 22.3 Å². The second kappa shape index (κ2) is 7.71. The van der Waals surface area contributed by atoms with E-state index in [9.17, 15) is 0 Å². The van der Waals surface area contributed by atoms with Gasteiger partial charge in [-0.1, -0.05) is 0 Å². The summed E-state index contributed by atoms with van der Waals surface area (Å²) < 4.78 is 0. The average Bonchev–Trinajstić information content (AvgIpc) is 2.00. The van der Waals surface area contributed by atoms with Gasteiger partial charge in [-0.15, -0.1) is 0 Å². The van der Waals surface area contributed by atoms with Gasteiger partial charge in [-0.25, -0.2) is 0 Å². The Morgan fingerprint density at radius 3 is 1.27 bits per heavy atom. The summed E-state index contributed by atoms with van der Waals surface area (Å²) in [7, 11) is 0. The fourth-order valence-electron chi connectivity index (χ4n) is 1.16. The number of allylic oxidation sites excluding steroid dienone is 6. The van der Waals surface area contributed by atoms with E-state index in [2.05, 4.69) is 63.8 Å². The average molecular weight is 249 g/mol. The van der Waals surface area contributed by atoms with Crippen LogP contribution in [0.25, 0.3) is 0 Å². The van der Waals surface area contributed by atoms with Crippen molar-refractivity contribution in [1.29, 1.82) is 0 Å². The molecule has 0 heterocycles. The van der Waals surface area contributed by atoms with Gasteiger partial charge >= 0.3 is 101 Å². The van der Waals surface area contributed by atoms with Gasteiger partial charge in [0.1, 0.15) is 0 Å². The molecule has 88 valence electrons. The Bertz CT molecular complexity index is 274. The van der Waals surface area contributed by atoms with Crippen molar-refractivity contribution in [3.8, 4) is 0 Å². The molecule has 0 radical (unpaired) electrons. The summed E-state index contributed by atoms with van der Waals surface area (Å²) in [5.41, 5.74) is 5.32. The minimum atomic E-state index is 1.32. The van der Waals surface area contributed by atoms with E-state index in [0.717, 1.165) is 0 Å². The van der Waals surface area contributed by atoms with Gasteiger partial charge in [0.25, 0.3) is 0 Å². The zero-order valence-electron chi connectivity index (χ0n) is 10.6. The summed E-state index contributed by atoms with van der Waals surface area (Å²) in [6, 6.07) is 0. The molecule has 15 heavy (non-hydrogen) atoms. The molecular formula is C14H22Ni. The molecular weight excluding hydrogens is 227 g/mol. The Morgan fingerprint density at radius 1 is 0.667 bits per heavy atom. The molecule has 0 nitrogen and oxygen atoms in total. The van der Waals surface area contributed by atoms with Crippen LogP contribution < -0.4 is 0 Å². The van der Waals surface area contributed by atoms with Gasteiger partial charge in [-0.2, -0.15) is 0 Å². The molecule has 0 atom stereocenters. The van der Waals surface area contributed by atoms with Gasteiger partial charge in [0.2, 0.25) is 0 Å². The number of hydrogen-bond donors (Lipinski definition) is 0. The second-order valence-corrected chi connectivity index (χ2v) is 5.12. The maximum absolute atomic E-state index is 2.20. The quantitative estimate of drug-likeness (QED) is 0.495. The first kappa shape index (κ1) is 14.5. The molecule has 0 saturated heterocycles. The third-order valence-electron chi connectivity index (χ3n) is 1.43. The van der Waals surface area contributed by atoms with Gasteiger partial charge in [0.15, 0.2) is 0 Å². The summed E-state index contributed by atoms with van der Waals surface area (Å²) in [6.07, 6.45) is 4.39.